The Morgan fingerprint density at radius 3 is 2.59 bits per heavy atom. The van der Waals surface area contributed by atoms with Crippen LogP contribution in [0, 0.1) is 18.3 Å². The number of nitrogens with one attached hydrogen (secondary N) is 2. The van der Waals surface area contributed by atoms with Gasteiger partial charge in [-0.1, -0.05) is 48.5 Å². The van der Waals surface area contributed by atoms with E-state index in [0.29, 0.717) is 23.0 Å². The molecule has 5 nitrogen and oxygen atoms in total. The third-order valence-corrected chi connectivity index (χ3v) is 4.31. The third-order valence-electron chi connectivity index (χ3n) is 4.31. The van der Waals surface area contributed by atoms with Gasteiger partial charge in [0.15, 0.2) is 0 Å². The molecule has 0 aliphatic heterocycles. The van der Waals surface area contributed by atoms with E-state index >= 15 is 0 Å². The number of benzene rings is 3. The van der Waals surface area contributed by atoms with Crippen LogP contribution < -0.4 is 10.6 Å². The molecule has 3 rings (SSSR count). The Hall–Kier alpha value is -3.78. The second-order valence-corrected chi connectivity index (χ2v) is 6.11. The summed E-state index contributed by atoms with van der Waals surface area (Å²) >= 11 is 0. The van der Waals surface area contributed by atoms with E-state index in [4.69, 9.17) is 0 Å². The van der Waals surface area contributed by atoms with Crippen LogP contribution in [-0.4, -0.2) is 11.0 Å². The highest BCUT2D eigenvalue weighted by molar-refractivity contribution is 6.11. The first-order chi connectivity index (χ1) is 13.1. The molecule has 1 amide bonds. The lowest BCUT2D eigenvalue weighted by Gasteiger charge is -2.10. The molecule has 0 bridgehead atoms. The summed E-state index contributed by atoms with van der Waals surface area (Å²) in [7, 11) is 0. The Balaban J connectivity index is 1.75. The number of anilines is 1. The van der Waals surface area contributed by atoms with Crippen molar-refractivity contribution in [3.8, 4) is 11.8 Å². The lowest BCUT2D eigenvalue weighted by molar-refractivity contribution is -0.112. The number of hydrogen-bond donors (Lipinski definition) is 3. The monoisotopic (exact) mass is 357 g/mol. The maximum absolute atomic E-state index is 12.5. The fourth-order valence-corrected chi connectivity index (χ4v) is 2.81. The fourth-order valence-electron chi connectivity index (χ4n) is 2.81. The summed E-state index contributed by atoms with van der Waals surface area (Å²) in [6.07, 6.45) is 1.42. The van der Waals surface area contributed by atoms with Gasteiger partial charge in [-0.15, -0.1) is 0 Å². The van der Waals surface area contributed by atoms with Crippen molar-refractivity contribution in [1.29, 1.82) is 5.26 Å². The van der Waals surface area contributed by atoms with Crippen LogP contribution in [0.5, 0.6) is 5.75 Å². The first kappa shape index (κ1) is 18.0. The van der Waals surface area contributed by atoms with Crippen LogP contribution in [-0.2, 0) is 11.3 Å². The molecule has 27 heavy (non-hydrogen) atoms. The highest BCUT2D eigenvalue weighted by atomic mass is 16.3. The Morgan fingerprint density at radius 2 is 1.81 bits per heavy atom. The largest absolute Gasteiger partial charge is 0.507 e. The molecule has 3 N–H and O–H groups in total. The normalized spacial score (nSPS) is 11.0. The molecule has 0 aromatic heterocycles. The lowest BCUT2D eigenvalue weighted by Crippen LogP contribution is -2.17. The minimum Gasteiger partial charge on any atom is -0.507 e. The topological polar surface area (TPSA) is 85.2 Å². The van der Waals surface area contributed by atoms with E-state index in [1.54, 1.807) is 36.4 Å². The maximum atomic E-state index is 12.5. The number of aryl methyl sites for hydroxylation is 1. The van der Waals surface area contributed by atoms with Crippen molar-refractivity contribution in [2.24, 2.45) is 0 Å². The highest BCUT2D eigenvalue weighted by Gasteiger charge is 2.12. The van der Waals surface area contributed by atoms with Gasteiger partial charge < -0.3 is 15.7 Å². The van der Waals surface area contributed by atoms with Gasteiger partial charge in [-0.25, -0.2) is 0 Å². The van der Waals surface area contributed by atoms with Gasteiger partial charge in [0, 0.05) is 29.2 Å². The van der Waals surface area contributed by atoms with Crippen molar-refractivity contribution >= 4 is 22.4 Å². The molecule has 0 aliphatic carbocycles. The van der Waals surface area contributed by atoms with Crippen LogP contribution in [0.15, 0.2) is 72.4 Å². The number of nitriles is 1. The Labute approximate surface area is 157 Å². The molecule has 0 atom stereocenters. The van der Waals surface area contributed by atoms with Gasteiger partial charge in [0.2, 0.25) is 0 Å². The van der Waals surface area contributed by atoms with Crippen molar-refractivity contribution in [2.75, 3.05) is 5.32 Å². The number of amides is 1. The van der Waals surface area contributed by atoms with Gasteiger partial charge in [-0.3, -0.25) is 4.79 Å². The molecular formula is C22H19N3O2. The fraction of sp³-hybridized carbons (Fsp3) is 0.0909. The Morgan fingerprint density at radius 1 is 1.07 bits per heavy atom. The third kappa shape index (κ3) is 4.07. The summed E-state index contributed by atoms with van der Waals surface area (Å²) in [6.45, 7) is 2.53. The highest BCUT2D eigenvalue weighted by Crippen LogP contribution is 2.29. The second kappa shape index (κ2) is 8.07. The standard InChI is InChI=1S/C22H19N3O2/c1-15-6-2-3-7-16(15)13-24-14-17(12-23)22(27)25-20-10-4-9-19-18(20)8-5-11-21(19)26/h2-11,14,24,26H,13H2,1H3,(H,25,27)/b17-14-. The number of phenols is 1. The molecule has 134 valence electrons. The average molecular weight is 357 g/mol. The summed E-state index contributed by atoms with van der Waals surface area (Å²) in [4.78, 5) is 12.5. The minimum absolute atomic E-state index is 0.0271. The average Bonchev–Trinajstić information content (AvgIpc) is 2.67. The van der Waals surface area contributed by atoms with Gasteiger partial charge in [-0.05, 0) is 30.2 Å². The summed E-state index contributed by atoms with van der Waals surface area (Å²) < 4.78 is 0. The molecule has 0 spiro atoms. The van der Waals surface area contributed by atoms with Crippen molar-refractivity contribution < 1.29 is 9.90 Å². The molecule has 0 radical (unpaired) electrons. The quantitative estimate of drug-likeness (QED) is 0.476. The van der Waals surface area contributed by atoms with Crippen LogP contribution in [0.1, 0.15) is 11.1 Å². The van der Waals surface area contributed by atoms with E-state index in [0.717, 1.165) is 11.1 Å². The Bertz CT molecular complexity index is 1060. The van der Waals surface area contributed by atoms with E-state index in [1.165, 1.54) is 6.20 Å². The van der Waals surface area contributed by atoms with E-state index in [-0.39, 0.29) is 11.3 Å². The number of phenolic OH excluding ortho intramolecular Hbond substituents is 1. The van der Waals surface area contributed by atoms with Gasteiger partial charge >= 0.3 is 0 Å². The van der Waals surface area contributed by atoms with Crippen molar-refractivity contribution in [2.45, 2.75) is 13.5 Å². The predicted molar refractivity (Wildman–Crippen MR) is 106 cm³/mol. The van der Waals surface area contributed by atoms with E-state index in [2.05, 4.69) is 10.6 Å². The zero-order valence-electron chi connectivity index (χ0n) is 14.9. The van der Waals surface area contributed by atoms with E-state index in [1.807, 2.05) is 37.3 Å². The zero-order chi connectivity index (χ0) is 19.2. The molecule has 0 saturated carbocycles. The summed E-state index contributed by atoms with van der Waals surface area (Å²) in [5.74, 6) is -0.370. The summed E-state index contributed by atoms with van der Waals surface area (Å²) in [6, 6.07) is 20.2. The lowest BCUT2D eigenvalue weighted by atomic mass is 10.1. The van der Waals surface area contributed by atoms with Crippen LogP contribution in [0.2, 0.25) is 0 Å². The molecular weight excluding hydrogens is 338 g/mol. The number of hydrogen-bond acceptors (Lipinski definition) is 4. The maximum Gasteiger partial charge on any atom is 0.267 e. The van der Waals surface area contributed by atoms with Crippen LogP contribution in [0.4, 0.5) is 5.69 Å². The van der Waals surface area contributed by atoms with Crippen LogP contribution >= 0.6 is 0 Å². The number of fused-ring (bicyclic) bond motifs is 1. The smallest absolute Gasteiger partial charge is 0.267 e. The van der Waals surface area contributed by atoms with Gasteiger partial charge in [0.25, 0.3) is 5.91 Å². The van der Waals surface area contributed by atoms with E-state index < -0.39 is 5.91 Å². The minimum atomic E-state index is -0.509. The molecule has 0 aliphatic rings. The van der Waals surface area contributed by atoms with Crippen LogP contribution in [0.3, 0.4) is 0 Å². The van der Waals surface area contributed by atoms with Gasteiger partial charge in [-0.2, -0.15) is 5.26 Å². The van der Waals surface area contributed by atoms with E-state index in [9.17, 15) is 15.2 Å². The number of carbonyl (C=O) groups excluding carboxylic acids is 1. The molecule has 0 fully saturated rings. The first-order valence-corrected chi connectivity index (χ1v) is 8.50. The number of aromatic hydroxyl groups is 1. The van der Waals surface area contributed by atoms with Crippen molar-refractivity contribution in [1.82, 2.24) is 5.32 Å². The van der Waals surface area contributed by atoms with Gasteiger partial charge in [0.05, 0.1) is 0 Å². The SMILES string of the molecule is Cc1ccccc1CN/C=C(/C#N)C(=O)Nc1cccc2c(O)cccc12. The summed E-state index contributed by atoms with van der Waals surface area (Å²) in [5.41, 5.74) is 2.74. The first-order valence-electron chi connectivity index (χ1n) is 8.50. The number of rotatable bonds is 5. The molecule has 5 heteroatoms. The predicted octanol–water partition coefficient (Wildman–Crippen LogP) is 3.99. The molecule has 0 heterocycles. The Kier molecular flexibility index (Phi) is 5.38. The molecule has 3 aromatic carbocycles. The molecule has 0 unspecified atom stereocenters. The van der Waals surface area contributed by atoms with Crippen LogP contribution in [0.25, 0.3) is 10.8 Å². The number of carbonyl (C=O) groups is 1. The number of nitrogens with zero attached hydrogens (tertiary/aromatic N) is 1. The summed E-state index contributed by atoms with van der Waals surface area (Å²) in [5, 5.41) is 26.4. The van der Waals surface area contributed by atoms with Crippen molar-refractivity contribution in [3.05, 3.63) is 83.6 Å². The van der Waals surface area contributed by atoms with Crippen molar-refractivity contribution in [3.63, 3.8) is 0 Å². The molecule has 3 aromatic rings. The zero-order valence-corrected chi connectivity index (χ0v) is 14.9. The molecule has 0 saturated heterocycles. The van der Waals surface area contributed by atoms with Gasteiger partial charge in [0.1, 0.15) is 17.4 Å². The second-order valence-electron chi connectivity index (χ2n) is 6.11.